The molecule has 7 atom stereocenters. The van der Waals surface area contributed by atoms with E-state index in [2.05, 4.69) is 31.6 Å². The summed E-state index contributed by atoms with van der Waals surface area (Å²) in [5, 5.41) is 24.1. The minimum atomic E-state index is -1.20. The Hall–Kier alpha value is -5.55. The Morgan fingerprint density at radius 3 is 2.02 bits per heavy atom. The van der Waals surface area contributed by atoms with E-state index in [9.17, 15) is 33.9 Å². The highest BCUT2D eigenvalue weighted by molar-refractivity contribution is 5.94. The Bertz CT molecular complexity index is 1690. The second-order valence-corrected chi connectivity index (χ2v) is 15.1. The number of aliphatic carboxylic acids is 1. The molecule has 2 aromatic carbocycles. The summed E-state index contributed by atoms with van der Waals surface area (Å²) >= 11 is 0. The third-order valence-electron chi connectivity index (χ3n) is 10.5. The van der Waals surface area contributed by atoms with Crippen LogP contribution in [-0.4, -0.2) is 107 Å². The topological polar surface area (TPSA) is 276 Å². The fraction of sp³-hybridized carbons (Fsp3) is 0.548. The molecule has 59 heavy (non-hydrogen) atoms. The molecule has 2 aromatic rings. The zero-order valence-electron chi connectivity index (χ0n) is 34.5. The second-order valence-electron chi connectivity index (χ2n) is 15.1. The fourth-order valence-corrected chi connectivity index (χ4v) is 6.86. The highest BCUT2D eigenvalue weighted by atomic mass is 16.4. The molecule has 0 aliphatic carbocycles. The number of guanidine groups is 1. The highest BCUT2D eigenvalue weighted by Gasteiger charge is 2.38. The number of hydrogen-bond donors (Lipinski definition) is 9. The zero-order valence-corrected chi connectivity index (χ0v) is 34.5. The van der Waals surface area contributed by atoms with Crippen molar-refractivity contribution in [2.75, 3.05) is 19.8 Å². The number of rotatable bonds is 25. The summed E-state index contributed by atoms with van der Waals surface area (Å²) in [6, 6.07) is 12.4. The molecule has 5 amide bonds. The van der Waals surface area contributed by atoms with E-state index in [1.807, 2.05) is 57.2 Å². The molecule has 1 aliphatic heterocycles. The largest absolute Gasteiger partial charge is 0.480 e. The number of unbranched alkanes of at least 4 members (excludes halogenated alkanes) is 1. The lowest BCUT2D eigenvalue weighted by Gasteiger charge is -2.30. The van der Waals surface area contributed by atoms with Crippen LogP contribution in [0, 0.1) is 5.92 Å². The average Bonchev–Trinajstić information content (AvgIpc) is 3.72. The molecule has 1 saturated heterocycles. The Morgan fingerprint density at radius 1 is 0.814 bits per heavy atom. The van der Waals surface area contributed by atoms with Crippen LogP contribution in [0.3, 0.4) is 0 Å². The summed E-state index contributed by atoms with van der Waals surface area (Å²) in [7, 11) is 0. The van der Waals surface area contributed by atoms with Gasteiger partial charge in [0.15, 0.2) is 5.96 Å². The molecule has 0 unspecified atom stereocenters. The lowest BCUT2D eigenvalue weighted by Crippen LogP contribution is -2.59. The molecular weight excluding hydrogens is 757 g/mol. The Morgan fingerprint density at radius 2 is 1.44 bits per heavy atom. The Labute approximate surface area is 347 Å². The van der Waals surface area contributed by atoms with Crippen LogP contribution in [0.25, 0.3) is 0 Å². The van der Waals surface area contributed by atoms with Crippen LogP contribution < -0.4 is 43.8 Å². The molecule has 0 saturated carbocycles. The number of nitrogens with zero attached hydrogens (tertiary/aromatic N) is 2. The SMILES string of the molecule is CCCC[C@H](N)C(=O)N[C@@H](Cc1ccccc1)C(=O)N[C@H](C(=O)NCN[C@@H](CCCN=C(N)N)C(=O)N1CCC[C@H]1C(=O)N[C@@H](Cc1ccccc1)C(=O)O)[C@@H](C)CC. The normalized spacial score (nSPS) is 16.7. The molecule has 3 rings (SSSR count). The minimum Gasteiger partial charge on any atom is -0.480 e. The first-order valence-electron chi connectivity index (χ1n) is 20.6. The maximum atomic E-state index is 14.1. The first-order valence-corrected chi connectivity index (χ1v) is 20.6. The van der Waals surface area contributed by atoms with Crippen LogP contribution in [0.4, 0.5) is 0 Å². The van der Waals surface area contributed by atoms with Gasteiger partial charge in [-0.1, -0.05) is 101 Å². The average molecular weight is 821 g/mol. The monoisotopic (exact) mass is 820 g/mol. The van der Waals surface area contributed by atoms with E-state index in [0.717, 1.165) is 24.0 Å². The lowest BCUT2D eigenvalue weighted by atomic mass is 9.97. The summed E-state index contributed by atoms with van der Waals surface area (Å²) in [6.07, 6.45) is 4.40. The van der Waals surface area contributed by atoms with Crippen molar-refractivity contribution < 1.29 is 33.9 Å². The van der Waals surface area contributed by atoms with Crippen LogP contribution in [-0.2, 0) is 41.6 Å². The summed E-state index contributed by atoms with van der Waals surface area (Å²) in [4.78, 5) is 85.8. The third kappa shape index (κ3) is 16.0. The number of nitrogens with two attached hydrogens (primary N) is 3. The number of likely N-dealkylation sites (tertiary alicyclic amines) is 1. The van der Waals surface area contributed by atoms with Gasteiger partial charge in [0, 0.05) is 25.9 Å². The molecule has 0 bridgehead atoms. The van der Waals surface area contributed by atoms with E-state index in [4.69, 9.17) is 17.2 Å². The van der Waals surface area contributed by atoms with E-state index in [-0.39, 0.29) is 50.9 Å². The van der Waals surface area contributed by atoms with Gasteiger partial charge >= 0.3 is 5.97 Å². The number of nitrogens with one attached hydrogen (secondary N) is 5. The molecule has 0 spiro atoms. The first-order chi connectivity index (χ1) is 28.2. The first kappa shape index (κ1) is 47.8. The van der Waals surface area contributed by atoms with E-state index < -0.39 is 71.8 Å². The quantitative estimate of drug-likeness (QED) is 0.0290. The summed E-state index contributed by atoms with van der Waals surface area (Å²) in [6.45, 7) is 6.05. The molecule has 17 nitrogen and oxygen atoms in total. The number of carbonyl (C=O) groups excluding carboxylic acids is 5. The number of aliphatic imine (C=N–C) groups is 1. The highest BCUT2D eigenvalue weighted by Crippen LogP contribution is 2.20. The van der Waals surface area contributed by atoms with Crippen molar-refractivity contribution in [3.05, 3.63) is 71.8 Å². The smallest absolute Gasteiger partial charge is 0.326 e. The van der Waals surface area contributed by atoms with Gasteiger partial charge in [0.25, 0.3) is 0 Å². The van der Waals surface area contributed by atoms with Crippen LogP contribution in [0.15, 0.2) is 65.7 Å². The van der Waals surface area contributed by atoms with Crippen molar-refractivity contribution in [3.63, 3.8) is 0 Å². The molecule has 0 aromatic heterocycles. The minimum absolute atomic E-state index is 0.0743. The van der Waals surface area contributed by atoms with Crippen molar-refractivity contribution >= 4 is 41.5 Å². The van der Waals surface area contributed by atoms with Crippen LogP contribution in [0.2, 0.25) is 0 Å². The molecule has 12 N–H and O–H groups in total. The predicted molar refractivity (Wildman–Crippen MR) is 225 cm³/mol. The van der Waals surface area contributed by atoms with E-state index in [1.165, 1.54) is 4.90 Å². The lowest BCUT2D eigenvalue weighted by molar-refractivity contribution is -0.144. The van der Waals surface area contributed by atoms with Gasteiger partial charge in [-0.25, -0.2) is 4.79 Å². The molecule has 1 heterocycles. The Kier molecular flexibility index (Phi) is 20.3. The number of carbonyl (C=O) groups is 6. The van der Waals surface area contributed by atoms with Gasteiger partial charge in [-0.3, -0.25) is 34.3 Å². The number of carboxylic acid groups (broad SMARTS) is 1. The van der Waals surface area contributed by atoms with Gasteiger partial charge in [0.1, 0.15) is 24.2 Å². The Balaban J connectivity index is 1.73. The van der Waals surface area contributed by atoms with Crippen LogP contribution in [0.5, 0.6) is 0 Å². The van der Waals surface area contributed by atoms with E-state index in [0.29, 0.717) is 32.1 Å². The number of carboxylic acids is 1. The summed E-state index contributed by atoms with van der Waals surface area (Å²) < 4.78 is 0. The predicted octanol–water partition coefficient (Wildman–Crippen LogP) is 0.651. The van der Waals surface area contributed by atoms with Crippen molar-refractivity contribution in [1.29, 1.82) is 0 Å². The van der Waals surface area contributed by atoms with Gasteiger partial charge < -0.3 is 48.5 Å². The van der Waals surface area contributed by atoms with Gasteiger partial charge in [0.05, 0.1) is 18.8 Å². The maximum Gasteiger partial charge on any atom is 0.326 e. The second kappa shape index (κ2) is 25.0. The molecule has 324 valence electrons. The van der Waals surface area contributed by atoms with Crippen LogP contribution >= 0.6 is 0 Å². The number of benzene rings is 2. The van der Waals surface area contributed by atoms with Gasteiger partial charge in [-0.15, -0.1) is 0 Å². The van der Waals surface area contributed by atoms with Gasteiger partial charge in [0.2, 0.25) is 29.5 Å². The molecular formula is C42H64N10O7. The number of hydrogen-bond acceptors (Lipinski definition) is 9. The summed E-state index contributed by atoms with van der Waals surface area (Å²) in [5.74, 6) is -4.07. The van der Waals surface area contributed by atoms with Crippen molar-refractivity contribution in [3.8, 4) is 0 Å². The zero-order chi connectivity index (χ0) is 43.3. The standard InChI is InChI=1S/C42H64N10O7/c1-4-6-19-30(43)36(53)49-32(24-28-15-9-7-10-16-28)37(54)51-35(27(3)5-2)39(56)48-26-47-31(20-13-22-46-42(44)45)40(57)52-23-14-21-34(52)38(55)50-33(41(58)59)25-29-17-11-8-12-18-29/h7-12,15-18,27,30-35,47H,4-6,13-14,19-26,43H2,1-3H3,(H,48,56)(H,49,53)(H,50,55)(H,51,54)(H,58,59)(H4,44,45,46)/t27-,30-,31-,32-,33-,34-,35-/m0/s1. The van der Waals surface area contributed by atoms with Gasteiger partial charge in [-0.05, 0) is 49.1 Å². The van der Waals surface area contributed by atoms with Crippen LogP contribution in [0.1, 0.15) is 83.3 Å². The third-order valence-corrected chi connectivity index (χ3v) is 10.5. The fourth-order valence-electron chi connectivity index (χ4n) is 6.86. The summed E-state index contributed by atoms with van der Waals surface area (Å²) in [5.41, 5.74) is 18.7. The number of amides is 5. The van der Waals surface area contributed by atoms with Crippen molar-refractivity contribution in [1.82, 2.24) is 31.5 Å². The van der Waals surface area contributed by atoms with Gasteiger partial charge in [-0.2, -0.15) is 0 Å². The van der Waals surface area contributed by atoms with E-state index in [1.54, 1.807) is 24.3 Å². The molecule has 0 radical (unpaired) electrons. The van der Waals surface area contributed by atoms with Crippen molar-refractivity contribution in [2.45, 2.75) is 121 Å². The molecule has 1 aliphatic rings. The maximum absolute atomic E-state index is 14.1. The molecule has 1 fully saturated rings. The molecule has 17 heteroatoms. The van der Waals surface area contributed by atoms with E-state index >= 15 is 0 Å². The van der Waals surface area contributed by atoms with Crippen molar-refractivity contribution in [2.24, 2.45) is 28.1 Å².